The molecular formula is C13H13BrO3S. The van der Waals surface area contributed by atoms with Crippen LogP contribution in [0.15, 0.2) is 33.4 Å². The maximum absolute atomic E-state index is 10.4. The number of benzene rings is 1. The maximum Gasteiger partial charge on any atom is 0.125 e. The van der Waals surface area contributed by atoms with Gasteiger partial charge in [0.15, 0.2) is 0 Å². The van der Waals surface area contributed by atoms with Crippen molar-refractivity contribution in [2.75, 3.05) is 14.2 Å². The molecule has 0 saturated carbocycles. The third kappa shape index (κ3) is 2.53. The van der Waals surface area contributed by atoms with Crippen LogP contribution in [0.25, 0.3) is 0 Å². The summed E-state index contributed by atoms with van der Waals surface area (Å²) in [5.74, 6) is 1.33. The minimum Gasteiger partial charge on any atom is -0.497 e. The van der Waals surface area contributed by atoms with Crippen LogP contribution < -0.4 is 9.47 Å². The standard InChI is InChI=1S/C13H13BrO3S/c1-16-8-3-4-12(17-2)9(5-8)13(15)10-6-18-7-11(10)14/h3-7,13,15H,1-2H3. The van der Waals surface area contributed by atoms with Gasteiger partial charge in [0, 0.05) is 21.0 Å². The van der Waals surface area contributed by atoms with Crippen LogP contribution in [0.5, 0.6) is 11.5 Å². The van der Waals surface area contributed by atoms with Gasteiger partial charge in [-0.3, -0.25) is 0 Å². The molecule has 0 aliphatic rings. The van der Waals surface area contributed by atoms with E-state index in [0.717, 1.165) is 10.0 Å². The number of rotatable bonds is 4. The van der Waals surface area contributed by atoms with E-state index in [1.165, 1.54) is 11.3 Å². The average molecular weight is 329 g/mol. The molecule has 3 nitrogen and oxygen atoms in total. The normalized spacial score (nSPS) is 12.2. The molecular weight excluding hydrogens is 316 g/mol. The highest BCUT2D eigenvalue weighted by Crippen LogP contribution is 2.37. The van der Waals surface area contributed by atoms with E-state index in [0.29, 0.717) is 17.1 Å². The lowest BCUT2D eigenvalue weighted by molar-refractivity contribution is 0.214. The fourth-order valence-electron chi connectivity index (χ4n) is 1.71. The molecule has 5 heteroatoms. The molecule has 0 fully saturated rings. The Bertz CT molecular complexity index is 539. The number of ether oxygens (including phenoxy) is 2. The lowest BCUT2D eigenvalue weighted by atomic mass is 10.0. The molecule has 0 spiro atoms. The zero-order valence-electron chi connectivity index (χ0n) is 10.0. The van der Waals surface area contributed by atoms with Crippen molar-refractivity contribution in [3.05, 3.63) is 44.6 Å². The quantitative estimate of drug-likeness (QED) is 0.931. The van der Waals surface area contributed by atoms with Crippen molar-refractivity contribution in [2.45, 2.75) is 6.10 Å². The first kappa shape index (κ1) is 13.4. The summed E-state index contributed by atoms with van der Waals surface area (Å²) in [4.78, 5) is 0. The van der Waals surface area contributed by atoms with E-state index >= 15 is 0 Å². The summed E-state index contributed by atoms with van der Waals surface area (Å²) in [5.41, 5.74) is 1.52. The van der Waals surface area contributed by atoms with E-state index in [1.54, 1.807) is 32.4 Å². The van der Waals surface area contributed by atoms with E-state index < -0.39 is 6.10 Å². The maximum atomic E-state index is 10.4. The molecule has 1 heterocycles. The fraction of sp³-hybridized carbons (Fsp3) is 0.231. The number of hydrogen-bond donors (Lipinski definition) is 1. The van der Waals surface area contributed by atoms with Gasteiger partial charge in [0.05, 0.1) is 14.2 Å². The Morgan fingerprint density at radius 2 is 1.94 bits per heavy atom. The number of methoxy groups -OCH3 is 2. The van der Waals surface area contributed by atoms with Crippen LogP contribution in [-0.4, -0.2) is 19.3 Å². The molecule has 0 aliphatic carbocycles. The van der Waals surface area contributed by atoms with Crippen LogP contribution in [0.3, 0.4) is 0 Å². The molecule has 0 radical (unpaired) electrons. The minimum absolute atomic E-state index is 0.640. The number of hydrogen-bond acceptors (Lipinski definition) is 4. The Labute approximate surface area is 118 Å². The SMILES string of the molecule is COc1ccc(OC)c(C(O)c2cscc2Br)c1. The lowest BCUT2D eigenvalue weighted by Gasteiger charge is -2.15. The Hall–Kier alpha value is -1.04. The van der Waals surface area contributed by atoms with Gasteiger partial charge >= 0.3 is 0 Å². The average Bonchev–Trinajstić information content (AvgIpc) is 2.83. The molecule has 96 valence electrons. The van der Waals surface area contributed by atoms with E-state index in [1.807, 2.05) is 10.8 Å². The Kier molecular flexibility index (Phi) is 4.27. The molecule has 2 aromatic rings. The summed E-state index contributed by atoms with van der Waals surface area (Å²) in [5, 5.41) is 14.3. The van der Waals surface area contributed by atoms with Gasteiger partial charge in [0.2, 0.25) is 0 Å². The Morgan fingerprint density at radius 3 is 2.50 bits per heavy atom. The summed E-state index contributed by atoms with van der Waals surface area (Å²) in [6.07, 6.45) is -0.740. The van der Waals surface area contributed by atoms with Crippen molar-refractivity contribution < 1.29 is 14.6 Å². The topological polar surface area (TPSA) is 38.7 Å². The van der Waals surface area contributed by atoms with Crippen LogP contribution >= 0.6 is 27.3 Å². The van der Waals surface area contributed by atoms with Crippen LogP contribution in [-0.2, 0) is 0 Å². The highest BCUT2D eigenvalue weighted by Gasteiger charge is 2.19. The largest absolute Gasteiger partial charge is 0.497 e. The fourth-order valence-corrected chi connectivity index (χ4v) is 3.24. The first-order valence-corrected chi connectivity index (χ1v) is 7.02. The minimum atomic E-state index is -0.740. The second-order valence-corrected chi connectivity index (χ2v) is 5.28. The zero-order valence-corrected chi connectivity index (χ0v) is 12.4. The van der Waals surface area contributed by atoms with Crippen LogP contribution in [0.4, 0.5) is 0 Å². The Morgan fingerprint density at radius 1 is 1.17 bits per heavy atom. The van der Waals surface area contributed by atoms with E-state index in [-0.39, 0.29) is 0 Å². The van der Waals surface area contributed by atoms with Crippen LogP contribution in [0.2, 0.25) is 0 Å². The molecule has 18 heavy (non-hydrogen) atoms. The van der Waals surface area contributed by atoms with Gasteiger partial charge in [-0.15, -0.1) is 0 Å². The van der Waals surface area contributed by atoms with Crippen molar-refractivity contribution in [3.63, 3.8) is 0 Å². The smallest absolute Gasteiger partial charge is 0.125 e. The molecule has 0 saturated heterocycles. The van der Waals surface area contributed by atoms with Gasteiger partial charge in [-0.2, -0.15) is 11.3 Å². The van der Waals surface area contributed by atoms with Crippen molar-refractivity contribution in [1.29, 1.82) is 0 Å². The number of aliphatic hydroxyl groups is 1. The number of thiophene rings is 1. The van der Waals surface area contributed by atoms with Gasteiger partial charge < -0.3 is 14.6 Å². The summed E-state index contributed by atoms with van der Waals surface area (Å²) >= 11 is 4.96. The van der Waals surface area contributed by atoms with E-state index in [9.17, 15) is 5.11 Å². The summed E-state index contributed by atoms with van der Waals surface area (Å²) in [6, 6.07) is 5.38. The lowest BCUT2D eigenvalue weighted by Crippen LogP contribution is -2.02. The highest BCUT2D eigenvalue weighted by molar-refractivity contribution is 9.10. The van der Waals surface area contributed by atoms with Crippen LogP contribution in [0.1, 0.15) is 17.2 Å². The molecule has 2 rings (SSSR count). The van der Waals surface area contributed by atoms with Gasteiger partial charge in [-0.1, -0.05) is 0 Å². The summed E-state index contributed by atoms with van der Waals surface area (Å²) in [7, 11) is 3.18. The number of aliphatic hydroxyl groups excluding tert-OH is 1. The Balaban J connectivity index is 2.45. The third-order valence-electron chi connectivity index (χ3n) is 2.67. The summed E-state index contributed by atoms with van der Waals surface area (Å²) < 4.78 is 11.3. The van der Waals surface area contributed by atoms with Crippen molar-refractivity contribution >= 4 is 27.3 Å². The van der Waals surface area contributed by atoms with Crippen LogP contribution in [0, 0.1) is 0 Å². The molecule has 1 aromatic carbocycles. The third-order valence-corrected chi connectivity index (χ3v) is 4.42. The van der Waals surface area contributed by atoms with Gasteiger partial charge in [0.25, 0.3) is 0 Å². The predicted molar refractivity (Wildman–Crippen MR) is 75.6 cm³/mol. The monoisotopic (exact) mass is 328 g/mol. The van der Waals surface area contributed by atoms with E-state index in [2.05, 4.69) is 15.9 Å². The predicted octanol–water partition coefficient (Wildman–Crippen LogP) is 3.61. The molecule has 1 unspecified atom stereocenters. The van der Waals surface area contributed by atoms with Crippen molar-refractivity contribution in [2.24, 2.45) is 0 Å². The van der Waals surface area contributed by atoms with Crippen molar-refractivity contribution in [3.8, 4) is 11.5 Å². The van der Waals surface area contributed by atoms with Gasteiger partial charge in [-0.25, -0.2) is 0 Å². The highest BCUT2D eigenvalue weighted by atomic mass is 79.9. The zero-order chi connectivity index (χ0) is 13.1. The second-order valence-electron chi connectivity index (χ2n) is 3.69. The van der Waals surface area contributed by atoms with Gasteiger partial charge in [0.1, 0.15) is 17.6 Å². The van der Waals surface area contributed by atoms with E-state index in [4.69, 9.17) is 9.47 Å². The molecule has 1 aromatic heterocycles. The summed E-state index contributed by atoms with van der Waals surface area (Å²) in [6.45, 7) is 0. The molecule has 0 amide bonds. The first-order valence-electron chi connectivity index (χ1n) is 5.29. The van der Waals surface area contributed by atoms with Gasteiger partial charge in [-0.05, 0) is 39.5 Å². The molecule has 1 N–H and O–H groups in total. The molecule has 0 aliphatic heterocycles. The molecule has 0 bridgehead atoms. The molecule has 1 atom stereocenters. The number of halogens is 1. The second kappa shape index (κ2) is 5.73. The first-order chi connectivity index (χ1) is 8.67. The van der Waals surface area contributed by atoms with Crippen molar-refractivity contribution in [1.82, 2.24) is 0 Å².